The average molecular weight is 271 g/mol. The molecule has 0 radical (unpaired) electrons. The van der Waals surface area contributed by atoms with Gasteiger partial charge in [0.15, 0.2) is 0 Å². The molecule has 1 atom stereocenters. The largest absolute Gasteiger partial charge is 0.497 e. The van der Waals surface area contributed by atoms with Crippen molar-refractivity contribution in [3.05, 3.63) is 47.2 Å². The summed E-state index contributed by atoms with van der Waals surface area (Å²) in [4.78, 5) is 0. The van der Waals surface area contributed by atoms with Crippen LogP contribution in [0.15, 0.2) is 36.1 Å². The lowest BCUT2D eigenvalue weighted by atomic mass is 10.0. The molecule has 0 saturated heterocycles. The number of hydrogen-bond acceptors (Lipinski definition) is 2. The Balaban J connectivity index is 2.01. The first-order valence-corrected chi connectivity index (χ1v) is 6.21. The van der Waals surface area contributed by atoms with Gasteiger partial charge in [-0.25, -0.2) is 0 Å². The van der Waals surface area contributed by atoms with Gasteiger partial charge in [0, 0.05) is 0 Å². The maximum atomic E-state index is 12.4. The lowest BCUT2D eigenvalue weighted by Gasteiger charge is -2.20. The van der Waals surface area contributed by atoms with E-state index in [9.17, 15) is 13.2 Å². The zero-order valence-electron chi connectivity index (χ0n) is 10.4. The van der Waals surface area contributed by atoms with Crippen molar-refractivity contribution in [2.75, 3.05) is 6.61 Å². The molecule has 0 saturated carbocycles. The van der Waals surface area contributed by atoms with E-state index < -0.39 is 11.7 Å². The van der Waals surface area contributed by atoms with Gasteiger partial charge >= 0.3 is 6.18 Å². The van der Waals surface area contributed by atoms with Crippen molar-refractivity contribution >= 4 is 0 Å². The van der Waals surface area contributed by atoms with Gasteiger partial charge in [-0.1, -0.05) is 12.1 Å². The minimum Gasteiger partial charge on any atom is -0.497 e. The molecule has 1 aliphatic heterocycles. The second-order valence-corrected chi connectivity index (χ2v) is 4.60. The van der Waals surface area contributed by atoms with E-state index in [4.69, 9.17) is 10.5 Å². The zero-order valence-corrected chi connectivity index (χ0v) is 10.4. The second-order valence-electron chi connectivity index (χ2n) is 4.60. The minimum absolute atomic E-state index is 0.294. The molecule has 104 valence electrons. The summed E-state index contributed by atoms with van der Waals surface area (Å²) in [7, 11) is 0. The van der Waals surface area contributed by atoms with Gasteiger partial charge in [0.2, 0.25) is 0 Å². The van der Waals surface area contributed by atoms with Gasteiger partial charge in [0.05, 0.1) is 18.2 Å². The van der Waals surface area contributed by atoms with Gasteiger partial charge in [-0.15, -0.1) is 0 Å². The molecule has 2 nitrogen and oxygen atoms in total. The van der Waals surface area contributed by atoms with E-state index in [1.807, 2.05) is 6.08 Å². The fourth-order valence-electron chi connectivity index (χ4n) is 2.02. The third-order valence-electron chi connectivity index (χ3n) is 3.07. The van der Waals surface area contributed by atoms with E-state index in [2.05, 4.69) is 0 Å². The first-order valence-electron chi connectivity index (χ1n) is 6.21. The molecule has 1 aromatic carbocycles. The average Bonchev–Trinajstić information content (AvgIpc) is 2.39. The topological polar surface area (TPSA) is 35.2 Å². The van der Waals surface area contributed by atoms with Gasteiger partial charge in [-0.3, -0.25) is 0 Å². The van der Waals surface area contributed by atoms with Crippen LogP contribution in [0.5, 0.6) is 0 Å². The number of nitrogens with two attached hydrogens (primary N) is 1. The van der Waals surface area contributed by atoms with Gasteiger partial charge < -0.3 is 10.5 Å². The Hall–Kier alpha value is -1.49. The van der Waals surface area contributed by atoms with Crippen LogP contribution in [0.25, 0.3) is 0 Å². The Morgan fingerprint density at radius 2 is 1.89 bits per heavy atom. The molecule has 2 rings (SSSR count). The van der Waals surface area contributed by atoms with Gasteiger partial charge in [-0.05, 0) is 43.0 Å². The highest BCUT2D eigenvalue weighted by Crippen LogP contribution is 2.29. The van der Waals surface area contributed by atoms with Crippen LogP contribution in [0.4, 0.5) is 13.2 Å². The summed E-state index contributed by atoms with van der Waals surface area (Å²) in [6.07, 6.45) is 0.0599. The van der Waals surface area contributed by atoms with Crippen molar-refractivity contribution in [3.63, 3.8) is 0 Å². The molecule has 0 fully saturated rings. The molecule has 0 aromatic heterocycles. The zero-order chi connectivity index (χ0) is 13.9. The van der Waals surface area contributed by atoms with Crippen LogP contribution in [0.2, 0.25) is 0 Å². The molecule has 0 bridgehead atoms. The fraction of sp³-hybridized carbons (Fsp3) is 0.429. The van der Waals surface area contributed by atoms with Crippen LogP contribution >= 0.6 is 0 Å². The maximum Gasteiger partial charge on any atom is 0.416 e. The number of allylic oxidation sites excluding steroid dienone is 1. The molecule has 19 heavy (non-hydrogen) atoms. The van der Waals surface area contributed by atoms with Crippen molar-refractivity contribution in [2.45, 2.75) is 31.5 Å². The molecule has 0 aliphatic carbocycles. The maximum absolute atomic E-state index is 12.4. The van der Waals surface area contributed by atoms with E-state index in [-0.39, 0.29) is 6.04 Å². The highest BCUT2D eigenvalue weighted by molar-refractivity contribution is 5.26. The van der Waals surface area contributed by atoms with Gasteiger partial charge in [0.1, 0.15) is 5.76 Å². The lowest BCUT2D eigenvalue weighted by molar-refractivity contribution is -0.137. The van der Waals surface area contributed by atoms with E-state index in [0.29, 0.717) is 13.0 Å². The molecule has 1 aromatic rings. The molecule has 1 heterocycles. The van der Waals surface area contributed by atoms with Gasteiger partial charge in [-0.2, -0.15) is 13.2 Å². The summed E-state index contributed by atoms with van der Waals surface area (Å²) in [6.45, 7) is 0.659. The first-order chi connectivity index (χ1) is 8.97. The minimum atomic E-state index is -4.30. The summed E-state index contributed by atoms with van der Waals surface area (Å²) >= 11 is 0. The van der Waals surface area contributed by atoms with Crippen molar-refractivity contribution in [1.29, 1.82) is 0 Å². The van der Waals surface area contributed by atoms with E-state index in [1.54, 1.807) is 0 Å². The lowest BCUT2D eigenvalue weighted by Crippen LogP contribution is -2.28. The molecule has 1 unspecified atom stereocenters. The highest BCUT2D eigenvalue weighted by Gasteiger charge is 2.30. The molecule has 2 N–H and O–H groups in total. The first kappa shape index (κ1) is 13.9. The number of benzene rings is 1. The number of rotatable bonds is 3. The van der Waals surface area contributed by atoms with Crippen LogP contribution in [0, 0.1) is 0 Å². The Kier molecular flexibility index (Phi) is 4.14. The van der Waals surface area contributed by atoms with Gasteiger partial charge in [0.25, 0.3) is 0 Å². The monoisotopic (exact) mass is 271 g/mol. The molecule has 0 amide bonds. The van der Waals surface area contributed by atoms with Crippen LogP contribution in [-0.4, -0.2) is 12.6 Å². The predicted molar refractivity (Wildman–Crippen MR) is 66.4 cm³/mol. The standard InChI is InChI=1S/C14H16F3NO/c15-14(16,17)11-6-4-10(5-7-11)9-12(18)13-3-1-2-8-19-13/h3-7,12H,1-2,8-9,18H2. The van der Waals surface area contributed by atoms with E-state index in [1.165, 1.54) is 12.1 Å². The number of halogens is 3. The van der Waals surface area contributed by atoms with E-state index >= 15 is 0 Å². The van der Waals surface area contributed by atoms with Crippen LogP contribution in [0.1, 0.15) is 24.0 Å². The molecule has 0 spiro atoms. The summed E-state index contributed by atoms with van der Waals surface area (Å²) in [5, 5.41) is 0. The molecular weight excluding hydrogens is 255 g/mol. The molecule has 5 heteroatoms. The summed E-state index contributed by atoms with van der Waals surface area (Å²) < 4.78 is 42.7. The third-order valence-corrected chi connectivity index (χ3v) is 3.07. The fourth-order valence-corrected chi connectivity index (χ4v) is 2.02. The van der Waals surface area contributed by atoms with Crippen LogP contribution in [-0.2, 0) is 17.3 Å². The smallest absolute Gasteiger partial charge is 0.416 e. The van der Waals surface area contributed by atoms with Crippen LogP contribution in [0.3, 0.4) is 0 Å². The Labute approximate surface area is 110 Å². The van der Waals surface area contributed by atoms with Crippen molar-refractivity contribution < 1.29 is 17.9 Å². The quantitative estimate of drug-likeness (QED) is 0.915. The second kappa shape index (κ2) is 5.65. The number of ether oxygens (including phenoxy) is 1. The van der Waals surface area contributed by atoms with Crippen LogP contribution < -0.4 is 5.73 Å². The number of hydrogen-bond donors (Lipinski definition) is 1. The van der Waals surface area contributed by atoms with E-state index in [0.717, 1.165) is 36.3 Å². The predicted octanol–water partition coefficient (Wildman–Crippen LogP) is 3.27. The SMILES string of the molecule is NC(Cc1ccc(C(F)(F)F)cc1)C1=CCCCO1. The summed E-state index contributed by atoms with van der Waals surface area (Å²) in [6, 6.07) is 4.80. The Morgan fingerprint density at radius 3 is 2.42 bits per heavy atom. The highest BCUT2D eigenvalue weighted by atomic mass is 19.4. The Bertz CT molecular complexity index is 451. The van der Waals surface area contributed by atoms with Crippen molar-refractivity contribution in [3.8, 4) is 0 Å². The number of alkyl halides is 3. The summed E-state index contributed by atoms with van der Waals surface area (Å²) in [5.74, 6) is 0.742. The summed E-state index contributed by atoms with van der Waals surface area (Å²) in [5.41, 5.74) is 6.12. The molecule has 1 aliphatic rings. The third kappa shape index (κ3) is 3.73. The normalized spacial score (nSPS) is 17.6. The Morgan fingerprint density at radius 1 is 1.21 bits per heavy atom. The van der Waals surface area contributed by atoms with Crippen molar-refractivity contribution in [1.82, 2.24) is 0 Å². The van der Waals surface area contributed by atoms with Crippen molar-refractivity contribution in [2.24, 2.45) is 5.73 Å². The molecular formula is C14H16F3NO.